The minimum absolute atomic E-state index is 0.157. The van der Waals surface area contributed by atoms with Crippen molar-refractivity contribution in [3.8, 4) is 0 Å². The first kappa shape index (κ1) is 10.6. The zero-order valence-corrected chi connectivity index (χ0v) is 8.69. The van der Waals surface area contributed by atoms with Crippen LogP contribution in [0.5, 0.6) is 0 Å². The van der Waals surface area contributed by atoms with Gasteiger partial charge in [-0.05, 0) is 29.3 Å². The topological polar surface area (TPSA) is 40.5 Å². The van der Waals surface area contributed by atoms with Crippen molar-refractivity contribution in [1.29, 1.82) is 0 Å². The summed E-state index contributed by atoms with van der Waals surface area (Å²) in [6, 6.07) is 5.96. The van der Waals surface area contributed by atoms with E-state index in [1.807, 2.05) is 18.2 Å². The van der Waals surface area contributed by atoms with Gasteiger partial charge in [0.25, 0.3) is 0 Å². The maximum atomic E-state index is 8.87. The van der Waals surface area contributed by atoms with Crippen molar-refractivity contribution >= 4 is 14.5 Å². The lowest BCUT2D eigenvalue weighted by molar-refractivity contribution is 0.293. The van der Waals surface area contributed by atoms with E-state index >= 15 is 0 Å². The zero-order chi connectivity index (χ0) is 9.68. The molecule has 2 nitrogen and oxygen atoms in total. The normalized spacial score (nSPS) is 10.4. The number of hydrogen-bond donors (Lipinski definition) is 2. The van der Waals surface area contributed by atoms with E-state index < -0.39 is 0 Å². The Morgan fingerprint density at radius 1 is 1.08 bits per heavy atom. The fraction of sp³-hybridized carbons (Fsp3) is 0.400. The van der Waals surface area contributed by atoms with Crippen LogP contribution in [0.1, 0.15) is 11.1 Å². The van der Waals surface area contributed by atoms with Gasteiger partial charge in [0.15, 0.2) is 0 Å². The summed E-state index contributed by atoms with van der Waals surface area (Å²) in [5, 5.41) is 18.8. The Kier molecular flexibility index (Phi) is 4.37. The molecule has 0 saturated carbocycles. The minimum atomic E-state index is 0.157. The van der Waals surface area contributed by atoms with E-state index in [-0.39, 0.29) is 13.2 Å². The van der Waals surface area contributed by atoms with Crippen molar-refractivity contribution in [2.45, 2.75) is 12.8 Å². The number of hydrogen-bond acceptors (Lipinski definition) is 2. The van der Waals surface area contributed by atoms with Crippen LogP contribution in [0, 0.1) is 0 Å². The molecule has 0 saturated heterocycles. The van der Waals surface area contributed by atoms with Crippen LogP contribution in [0.3, 0.4) is 0 Å². The predicted octanol–water partition coefficient (Wildman–Crippen LogP) is 0.257. The Morgan fingerprint density at radius 2 is 1.77 bits per heavy atom. The van der Waals surface area contributed by atoms with Crippen molar-refractivity contribution in [3.05, 3.63) is 29.3 Å². The predicted molar refractivity (Wildman–Crippen MR) is 57.4 cm³/mol. The first-order chi connectivity index (χ1) is 6.29. The highest BCUT2D eigenvalue weighted by Gasteiger charge is 2.03. The summed E-state index contributed by atoms with van der Waals surface area (Å²) in [6.45, 7) is 0.316. The summed E-state index contributed by atoms with van der Waals surface area (Å²) < 4.78 is 0. The highest BCUT2D eigenvalue weighted by Crippen LogP contribution is 2.10. The van der Waals surface area contributed by atoms with E-state index in [1.165, 1.54) is 0 Å². The number of rotatable bonds is 4. The molecule has 2 N–H and O–H groups in total. The van der Waals surface area contributed by atoms with Crippen molar-refractivity contribution in [1.82, 2.24) is 0 Å². The van der Waals surface area contributed by atoms with E-state index in [4.69, 9.17) is 10.2 Å². The fourth-order valence-corrected chi connectivity index (χ4v) is 1.87. The summed E-state index contributed by atoms with van der Waals surface area (Å²) in [7, 11) is 2.65. The highest BCUT2D eigenvalue weighted by molar-refractivity contribution is 7.27. The molecule has 1 aromatic carbocycles. The summed E-state index contributed by atoms with van der Waals surface area (Å²) >= 11 is 0. The third-order valence-electron chi connectivity index (χ3n) is 2.05. The molecule has 0 aliphatic heterocycles. The van der Waals surface area contributed by atoms with Gasteiger partial charge in [-0.3, -0.25) is 0 Å². The highest BCUT2D eigenvalue weighted by atomic mass is 31.0. The average Bonchev–Trinajstić information content (AvgIpc) is 2.11. The Balaban J connectivity index is 2.95. The van der Waals surface area contributed by atoms with Crippen molar-refractivity contribution < 1.29 is 10.2 Å². The van der Waals surface area contributed by atoms with E-state index in [0.29, 0.717) is 12.8 Å². The van der Waals surface area contributed by atoms with E-state index in [1.54, 1.807) is 0 Å². The number of benzene rings is 1. The Morgan fingerprint density at radius 3 is 2.38 bits per heavy atom. The van der Waals surface area contributed by atoms with Gasteiger partial charge in [-0.1, -0.05) is 18.2 Å². The summed E-state index contributed by atoms with van der Waals surface area (Å²) in [5.74, 6) is 0. The van der Waals surface area contributed by atoms with Crippen molar-refractivity contribution in [3.63, 3.8) is 0 Å². The fourth-order valence-electron chi connectivity index (χ4n) is 1.43. The van der Waals surface area contributed by atoms with Crippen LogP contribution >= 0.6 is 9.24 Å². The number of aliphatic hydroxyl groups is 2. The van der Waals surface area contributed by atoms with Crippen LogP contribution in [0.25, 0.3) is 0 Å². The quantitative estimate of drug-likeness (QED) is 0.681. The van der Waals surface area contributed by atoms with Crippen LogP contribution in [0.2, 0.25) is 0 Å². The lowest BCUT2D eigenvalue weighted by Gasteiger charge is -2.09. The molecule has 1 unspecified atom stereocenters. The largest absolute Gasteiger partial charge is 0.396 e. The summed E-state index contributed by atoms with van der Waals surface area (Å²) in [4.78, 5) is 0. The first-order valence-corrected chi connectivity index (χ1v) is 4.95. The monoisotopic (exact) mass is 198 g/mol. The van der Waals surface area contributed by atoms with Gasteiger partial charge in [0, 0.05) is 13.2 Å². The molecule has 0 bridgehead atoms. The molecular weight excluding hydrogens is 183 g/mol. The molecule has 0 aliphatic rings. The Labute approximate surface area is 80.8 Å². The molecular formula is C10H15O2P. The molecule has 0 radical (unpaired) electrons. The molecule has 0 amide bonds. The van der Waals surface area contributed by atoms with Gasteiger partial charge in [-0.25, -0.2) is 0 Å². The SMILES string of the molecule is OCCc1cccc(P)c1CCO. The van der Waals surface area contributed by atoms with Crippen LogP contribution in [0.4, 0.5) is 0 Å². The number of aliphatic hydroxyl groups excluding tert-OH is 2. The van der Waals surface area contributed by atoms with Gasteiger partial charge in [0.2, 0.25) is 0 Å². The maximum absolute atomic E-state index is 8.87. The smallest absolute Gasteiger partial charge is 0.0471 e. The minimum Gasteiger partial charge on any atom is -0.396 e. The lowest BCUT2D eigenvalue weighted by Crippen LogP contribution is -2.09. The van der Waals surface area contributed by atoms with Gasteiger partial charge in [0.05, 0.1) is 0 Å². The van der Waals surface area contributed by atoms with Gasteiger partial charge < -0.3 is 10.2 Å². The van der Waals surface area contributed by atoms with Gasteiger partial charge in [-0.15, -0.1) is 9.24 Å². The second-order valence-corrected chi connectivity index (χ2v) is 3.55. The average molecular weight is 198 g/mol. The van der Waals surface area contributed by atoms with E-state index in [2.05, 4.69) is 9.24 Å². The van der Waals surface area contributed by atoms with Gasteiger partial charge >= 0.3 is 0 Å². The molecule has 0 aliphatic carbocycles. The van der Waals surface area contributed by atoms with Crippen LogP contribution in [-0.4, -0.2) is 23.4 Å². The standard InChI is InChI=1S/C10H15O2P/c11-6-4-8-2-1-3-10(13)9(8)5-7-12/h1-3,11-12H,4-7,13H2. The van der Waals surface area contributed by atoms with Gasteiger partial charge in [-0.2, -0.15) is 0 Å². The van der Waals surface area contributed by atoms with Crippen LogP contribution < -0.4 is 5.30 Å². The van der Waals surface area contributed by atoms with Gasteiger partial charge in [0.1, 0.15) is 0 Å². The Bertz CT molecular complexity index is 274. The second kappa shape index (κ2) is 5.33. The van der Waals surface area contributed by atoms with E-state index in [0.717, 1.165) is 16.4 Å². The molecule has 1 atom stereocenters. The molecule has 3 heteroatoms. The first-order valence-electron chi connectivity index (χ1n) is 4.37. The second-order valence-electron chi connectivity index (χ2n) is 2.93. The maximum Gasteiger partial charge on any atom is 0.0471 e. The van der Waals surface area contributed by atoms with Crippen LogP contribution in [-0.2, 0) is 12.8 Å². The molecule has 72 valence electrons. The third kappa shape index (κ3) is 2.77. The molecule has 0 spiro atoms. The Hall–Kier alpha value is -0.430. The lowest BCUT2D eigenvalue weighted by atomic mass is 10.0. The molecule has 13 heavy (non-hydrogen) atoms. The van der Waals surface area contributed by atoms with Crippen molar-refractivity contribution in [2.75, 3.05) is 13.2 Å². The summed E-state index contributed by atoms with van der Waals surface area (Å²) in [6.07, 6.45) is 1.33. The van der Waals surface area contributed by atoms with Crippen LogP contribution in [0.15, 0.2) is 18.2 Å². The molecule has 1 aromatic rings. The molecule has 1 rings (SSSR count). The summed E-state index contributed by atoms with van der Waals surface area (Å²) in [5.41, 5.74) is 2.27. The molecule has 0 heterocycles. The molecule has 0 aromatic heterocycles. The van der Waals surface area contributed by atoms with E-state index in [9.17, 15) is 0 Å². The van der Waals surface area contributed by atoms with Crippen molar-refractivity contribution in [2.24, 2.45) is 0 Å². The zero-order valence-electron chi connectivity index (χ0n) is 7.53. The third-order valence-corrected chi connectivity index (χ3v) is 2.59. The molecule has 0 fully saturated rings.